The molecular formula is C17H13F5O4S. The molecule has 0 unspecified atom stereocenters. The quantitative estimate of drug-likeness (QED) is 0.536. The third kappa shape index (κ3) is 4.82. The summed E-state index contributed by atoms with van der Waals surface area (Å²) in [4.78, 5) is 12.0. The van der Waals surface area contributed by atoms with E-state index in [0.29, 0.717) is 12.1 Å². The van der Waals surface area contributed by atoms with E-state index >= 15 is 0 Å². The first-order valence-corrected chi connectivity index (χ1v) is 9.23. The lowest BCUT2D eigenvalue weighted by atomic mass is 10.1. The minimum Gasteiger partial charge on any atom is -0.485 e. The van der Waals surface area contributed by atoms with Gasteiger partial charge in [0.15, 0.2) is 22.2 Å². The van der Waals surface area contributed by atoms with Crippen molar-refractivity contribution in [1.82, 2.24) is 0 Å². The number of ether oxygens (including phenoxy) is 1. The number of hydrogen-bond donors (Lipinski definition) is 0. The molecule has 27 heavy (non-hydrogen) atoms. The molecule has 0 atom stereocenters. The van der Waals surface area contributed by atoms with Crippen LogP contribution >= 0.6 is 0 Å². The lowest BCUT2D eigenvalue weighted by Gasteiger charge is -2.19. The fourth-order valence-electron chi connectivity index (χ4n) is 2.04. The van der Waals surface area contributed by atoms with Crippen LogP contribution < -0.4 is 4.74 Å². The summed E-state index contributed by atoms with van der Waals surface area (Å²) in [6.07, 6.45) is -4.71. The van der Waals surface area contributed by atoms with Gasteiger partial charge in [-0.05, 0) is 48.5 Å². The van der Waals surface area contributed by atoms with Crippen LogP contribution in [0.1, 0.15) is 15.9 Å². The van der Waals surface area contributed by atoms with Crippen LogP contribution in [-0.4, -0.2) is 33.2 Å². The number of carbonyl (C=O) groups excluding carboxylic acids is 1. The minimum absolute atomic E-state index is 0.0288. The van der Waals surface area contributed by atoms with Gasteiger partial charge in [0.25, 0.3) is 0 Å². The molecule has 2 rings (SSSR count). The Balaban J connectivity index is 2.03. The van der Waals surface area contributed by atoms with Crippen LogP contribution in [0, 0.1) is 0 Å². The van der Waals surface area contributed by atoms with E-state index in [1.165, 1.54) is 24.3 Å². The molecule has 0 aliphatic carbocycles. The normalized spacial score (nSPS) is 12.7. The van der Waals surface area contributed by atoms with E-state index in [-0.39, 0.29) is 16.2 Å². The summed E-state index contributed by atoms with van der Waals surface area (Å²) in [7, 11) is -3.41. The van der Waals surface area contributed by atoms with Crippen molar-refractivity contribution >= 4 is 15.6 Å². The van der Waals surface area contributed by atoms with Crippen LogP contribution in [0.25, 0.3) is 0 Å². The number of carbonyl (C=O) groups is 1. The van der Waals surface area contributed by atoms with Crippen molar-refractivity contribution in [2.45, 2.75) is 17.0 Å². The maximum atomic E-state index is 13.2. The lowest BCUT2D eigenvalue weighted by Crippen LogP contribution is -2.33. The zero-order chi connectivity index (χ0) is 20.5. The zero-order valence-electron chi connectivity index (χ0n) is 13.8. The van der Waals surface area contributed by atoms with E-state index in [1.54, 1.807) is 0 Å². The second-order valence-electron chi connectivity index (χ2n) is 5.60. The summed E-state index contributed by atoms with van der Waals surface area (Å²) >= 11 is 0. The maximum Gasteiger partial charge on any atom is 0.458 e. The first-order valence-electron chi connectivity index (χ1n) is 7.33. The molecule has 0 saturated heterocycles. The average Bonchev–Trinajstić information content (AvgIpc) is 2.58. The average molecular weight is 408 g/mol. The lowest BCUT2D eigenvalue weighted by molar-refractivity contribution is -0.289. The molecule has 10 heteroatoms. The Bertz CT molecular complexity index is 917. The van der Waals surface area contributed by atoms with Gasteiger partial charge in [-0.25, -0.2) is 8.42 Å². The van der Waals surface area contributed by atoms with Crippen molar-refractivity contribution in [1.29, 1.82) is 0 Å². The summed E-state index contributed by atoms with van der Waals surface area (Å²) < 4.78 is 91.0. The van der Waals surface area contributed by atoms with Gasteiger partial charge in [0.1, 0.15) is 5.75 Å². The second kappa shape index (κ2) is 7.26. The van der Waals surface area contributed by atoms with Gasteiger partial charge in [-0.2, -0.15) is 22.0 Å². The van der Waals surface area contributed by atoms with E-state index in [1.807, 2.05) is 0 Å². The van der Waals surface area contributed by atoms with Crippen LogP contribution in [0.4, 0.5) is 22.0 Å². The van der Waals surface area contributed by atoms with Gasteiger partial charge in [-0.1, -0.05) is 0 Å². The van der Waals surface area contributed by atoms with Crippen molar-refractivity contribution in [3.05, 3.63) is 59.7 Å². The second-order valence-corrected chi connectivity index (χ2v) is 7.62. The number of alkyl halides is 5. The Morgan fingerprint density at radius 3 is 1.89 bits per heavy atom. The molecule has 0 N–H and O–H groups in total. The molecule has 146 valence electrons. The van der Waals surface area contributed by atoms with E-state index in [9.17, 15) is 35.2 Å². The van der Waals surface area contributed by atoms with Crippen molar-refractivity contribution in [3.8, 4) is 5.75 Å². The number of rotatable bonds is 6. The highest BCUT2D eigenvalue weighted by atomic mass is 32.2. The fraction of sp³-hybridized carbons (Fsp3) is 0.235. The summed E-state index contributed by atoms with van der Waals surface area (Å²) in [5, 5.41) is 0. The van der Waals surface area contributed by atoms with E-state index in [0.717, 1.165) is 18.4 Å². The van der Waals surface area contributed by atoms with Gasteiger partial charge in [0, 0.05) is 17.4 Å². The Kier molecular flexibility index (Phi) is 5.60. The maximum absolute atomic E-state index is 13.2. The first-order chi connectivity index (χ1) is 12.3. The summed E-state index contributed by atoms with van der Waals surface area (Å²) in [5.41, 5.74) is -1.09. The predicted molar refractivity (Wildman–Crippen MR) is 85.8 cm³/mol. The summed E-state index contributed by atoms with van der Waals surface area (Å²) in [6.45, 7) is -0.507. The molecule has 4 nitrogen and oxygen atoms in total. The van der Waals surface area contributed by atoms with Gasteiger partial charge in [-0.15, -0.1) is 0 Å². The largest absolute Gasteiger partial charge is 0.485 e. The monoisotopic (exact) mass is 408 g/mol. The van der Waals surface area contributed by atoms with Crippen molar-refractivity contribution in [2.75, 3.05) is 12.9 Å². The molecule has 0 aliphatic rings. The van der Waals surface area contributed by atoms with Gasteiger partial charge in [0.2, 0.25) is 0 Å². The first kappa shape index (κ1) is 20.8. The molecule has 0 amide bonds. The standard InChI is InChI=1S/C17H13F5O4S/c1-27(24,25)14-8-2-11(3-9-14)15(23)10-26-13-6-4-12(5-7-13)16(18,19)17(20,21)22/h2-9H,10H2,1H3. The molecular weight excluding hydrogens is 395 g/mol. The van der Waals surface area contributed by atoms with Crippen LogP contribution in [-0.2, 0) is 15.8 Å². The molecule has 2 aromatic carbocycles. The highest BCUT2D eigenvalue weighted by Crippen LogP contribution is 2.44. The smallest absolute Gasteiger partial charge is 0.458 e. The summed E-state index contributed by atoms with van der Waals surface area (Å²) in [6, 6.07) is 7.99. The van der Waals surface area contributed by atoms with Crippen LogP contribution in [0.15, 0.2) is 53.4 Å². The number of hydrogen-bond acceptors (Lipinski definition) is 4. The summed E-state index contributed by atoms with van der Waals surface area (Å²) in [5.74, 6) is -5.60. The minimum atomic E-state index is -5.72. The van der Waals surface area contributed by atoms with Crippen molar-refractivity contribution in [3.63, 3.8) is 0 Å². The van der Waals surface area contributed by atoms with Crippen molar-refractivity contribution < 1.29 is 39.9 Å². The SMILES string of the molecule is CS(=O)(=O)c1ccc(C(=O)COc2ccc(C(F)(F)C(F)(F)F)cc2)cc1. The third-order valence-corrected chi connectivity index (χ3v) is 4.68. The topological polar surface area (TPSA) is 60.4 Å². The van der Waals surface area contributed by atoms with Gasteiger partial charge >= 0.3 is 12.1 Å². The molecule has 0 aliphatic heterocycles. The molecule has 0 fully saturated rings. The number of ketones is 1. The van der Waals surface area contributed by atoms with E-state index in [4.69, 9.17) is 4.74 Å². The van der Waals surface area contributed by atoms with E-state index < -0.39 is 39.9 Å². The fourth-order valence-corrected chi connectivity index (χ4v) is 2.67. The molecule has 0 radical (unpaired) electrons. The molecule has 0 heterocycles. The Morgan fingerprint density at radius 1 is 0.926 bits per heavy atom. The van der Waals surface area contributed by atoms with Crippen LogP contribution in [0.3, 0.4) is 0 Å². The predicted octanol–water partition coefficient (Wildman–Crippen LogP) is 4.01. The number of benzene rings is 2. The Hall–Kier alpha value is -2.49. The molecule has 0 bridgehead atoms. The van der Waals surface area contributed by atoms with Crippen LogP contribution in [0.5, 0.6) is 5.75 Å². The van der Waals surface area contributed by atoms with Gasteiger partial charge in [0.05, 0.1) is 4.90 Å². The third-order valence-electron chi connectivity index (χ3n) is 3.55. The van der Waals surface area contributed by atoms with Gasteiger partial charge in [-0.3, -0.25) is 4.79 Å². The van der Waals surface area contributed by atoms with E-state index in [2.05, 4.69) is 0 Å². The molecule has 0 spiro atoms. The zero-order valence-corrected chi connectivity index (χ0v) is 14.6. The Labute approximate surface area is 151 Å². The van der Waals surface area contributed by atoms with Crippen LogP contribution in [0.2, 0.25) is 0 Å². The Morgan fingerprint density at radius 2 is 1.44 bits per heavy atom. The molecule has 0 saturated carbocycles. The van der Waals surface area contributed by atoms with Gasteiger partial charge < -0.3 is 4.74 Å². The number of halogens is 5. The highest BCUT2D eigenvalue weighted by molar-refractivity contribution is 7.90. The molecule has 2 aromatic rings. The number of Topliss-reactive ketones (excluding diaryl/α,β-unsaturated/α-hetero) is 1. The molecule has 0 aromatic heterocycles. The number of sulfone groups is 1. The van der Waals surface area contributed by atoms with Crippen molar-refractivity contribution in [2.24, 2.45) is 0 Å². The highest BCUT2D eigenvalue weighted by Gasteiger charge is 2.58.